The van der Waals surface area contributed by atoms with Gasteiger partial charge in [-0.15, -0.1) is 11.8 Å². The van der Waals surface area contributed by atoms with Gasteiger partial charge in [0.15, 0.2) is 0 Å². The second kappa shape index (κ2) is 5.86. The van der Waals surface area contributed by atoms with E-state index in [-0.39, 0.29) is 5.91 Å². The topological polar surface area (TPSA) is 46.9 Å². The first-order chi connectivity index (χ1) is 7.26. The van der Waals surface area contributed by atoms with Crippen LogP contribution < -0.4 is 5.32 Å². The summed E-state index contributed by atoms with van der Waals surface area (Å²) >= 11 is 0. The van der Waals surface area contributed by atoms with Crippen molar-refractivity contribution >= 4 is 11.6 Å². The zero-order chi connectivity index (χ0) is 11.1. The highest BCUT2D eigenvalue weighted by molar-refractivity contribution is 5.90. The lowest BCUT2D eigenvalue weighted by Crippen LogP contribution is -2.08. The van der Waals surface area contributed by atoms with Crippen LogP contribution in [0.3, 0.4) is 0 Å². The number of anilines is 1. The highest BCUT2D eigenvalue weighted by atomic mass is 16.1. The molecule has 15 heavy (non-hydrogen) atoms. The Hall–Kier alpha value is -1.76. The summed E-state index contributed by atoms with van der Waals surface area (Å²) in [5, 5.41) is 6.85. The maximum atomic E-state index is 11.1. The van der Waals surface area contributed by atoms with Crippen LogP contribution in [0.2, 0.25) is 0 Å². The molecule has 0 atom stereocenters. The van der Waals surface area contributed by atoms with Crippen LogP contribution in [-0.4, -0.2) is 15.7 Å². The van der Waals surface area contributed by atoms with Crippen molar-refractivity contribution in [3.63, 3.8) is 0 Å². The van der Waals surface area contributed by atoms with Crippen LogP contribution in [0.25, 0.3) is 0 Å². The molecule has 0 bridgehead atoms. The van der Waals surface area contributed by atoms with Crippen LogP contribution in [0.4, 0.5) is 5.69 Å². The largest absolute Gasteiger partial charge is 0.323 e. The van der Waals surface area contributed by atoms with Gasteiger partial charge in [0, 0.05) is 19.0 Å². The highest BCUT2D eigenvalue weighted by Crippen LogP contribution is 2.05. The lowest BCUT2D eigenvalue weighted by molar-refractivity contribution is -0.115. The Bertz CT molecular complexity index is 384. The van der Waals surface area contributed by atoms with Crippen LogP contribution in [0, 0.1) is 11.8 Å². The van der Waals surface area contributed by atoms with Crippen molar-refractivity contribution in [1.29, 1.82) is 0 Å². The fourth-order valence-corrected chi connectivity index (χ4v) is 1.10. The molecule has 0 saturated heterocycles. The molecule has 1 aromatic heterocycles. The van der Waals surface area contributed by atoms with Crippen LogP contribution in [0.15, 0.2) is 12.4 Å². The quantitative estimate of drug-likeness (QED) is 0.760. The number of carbonyl (C=O) groups excluding carboxylic acids is 1. The average molecular weight is 205 g/mol. The summed E-state index contributed by atoms with van der Waals surface area (Å²) in [4.78, 5) is 11.1. The molecule has 0 radical (unpaired) electrons. The van der Waals surface area contributed by atoms with E-state index in [0.717, 1.165) is 18.7 Å². The van der Waals surface area contributed by atoms with Gasteiger partial charge in [-0.2, -0.15) is 5.10 Å². The van der Waals surface area contributed by atoms with E-state index in [1.165, 1.54) is 0 Å². The number of aryl methyl sites for hydroxylation is 1. The Morgan fingerprint density at radius 1 is 1.67 bits per heavy atom. The van der Waals surface area contributed by atoms with Gasteiger partial charge in [0.05, 0.1) is 18.4 Å². The van der Waals surface area contributed by atoms with Crippen LogP contribution >= 0.6 is 0 Å². The molecule has 1 heterocycles. The summed E-state index contributed by atoms with van der Waals surface area (Å²) in [6.45, 7) is 4.38. The van der Waals surface area contributed by atoms with Gasteiger partial charge in [0.2, 0.25) is 5.91 Å². The van der Waals surface area contributed by atoms with Gasteiger partial charge in [-0.05, 0) is 6.92 Å². The Kier molecular flexibility index (Phi) is 4.42. The average Bonchev–Trinajstić information content (AvgIpc) is 2.66. The molecule has 1 amide bonds. The first-order valence-corrected chi connectivity index (χ1v) is 4.98. The first kappa shape index (κ1) is 11.3. The van der Waals surface area contributed by atoms with E-state index < -0.39 is 0 Å². The third-order valence-electron chi connectivity index (χ3n) is 1.88. The van der Waals surface area contributed by atoms with Crippen molar-refractivity contribution in [3.8, 4) is 11.8 Å². The van der Waals surface area contributed by atoms with Crippen molar-refractivity contribution in [2.45, 2.75) is 33.2 Å². The van der Waals surface area contributed by atoms with E-state index in [4.69, 9.17) is 0 Å². The molecule has 4 nitrogen and oxygen atoms in total. The van der Waals surface area contributed by atoms with Crippen molar-refractivity contribution < 1.29 is 4.79 Å². The van der Waals surface area contributed by atoms with Crippen molar-refractivity contribution in [3.05, 3.63) is 12.4 Å². The molecule has 80 valence electrons. The lowest BCUT2D eigenvalue weighted by Gasteiger charge is -1.98. The van der Waals surface area contributed by atoms with Crippen molar-refractivity contribution in [1.82, 2.24) is 9.78 Å². The SMILES string of the molecule is CC#CCCn1cc(NC(=O)CC)cn1. The fourth-order valence-electron chi connectivity index (χ4n) is 1.10. The zero-order valence-electron chi connectivity index (χ0n) is 9.08. The third-order valence-corrected chi connectivity index (χ3v) is 1.88. The van der Waals surface area contributed by atoms with E-state index in [2.05, 4.69) is 22.3 Å². The summed E-state index contributed by atoms with van der Waals surface area (Å²) in [6.07, 6.45) is 4.71. The van der Waals surface area contributed by atoms with E-state index in [1.807, 2.05) is 20.0 Å². The second-order valence-electron chi connectivity index (χ2n) is 3.07. The molecule has 0 aliphatic heterocycles. The van der Waals surface area contributed by atoms with E-state index in [1.54, 1.807) is 10.9 Å². The van der Waals surface area contributed by atoms with Gasteiger partial charge in [-0.1, -0.05) is 6.92 Å². The Balaban J connectivity index is 2.47. The van der Waals surface area contributed by atoms with Gasteiger partial charge in [-0.25, -0.2) is 0 Å². The number of nitrogens with one attached hydrogen (secondary N) is 1. The molecule has 0 aliphatic rings. The van der Waals surface area contributed by atoms with Gasteiger partial charge in [0.25, 0.3) is 0 Å². The molecule has 0 aliphatic carbocycles. The van der Waals surface area contributed by atoms with Crippen molar-refractivity contribution in [2.75, 3.05) is 5.32 Å². The Morgan fingerprint density at radius 2 is 2.47 bits per heavy atom. The zero-order valence-corrected chi connectivity index (χ0v) is 9.08. The van der Waals surface area contributed by atoms with Gasteiger partial charge in [0.1, 0.15) is 0 Å². The third kappa shape index (κ3) is 3.86. The Morgan fingerprint density at radius 3 is 3.13 bits per heavy atom. The van der Waals surface area contributed by atoms with Crippen LogP contribution in [0.1, 0.15) is 26.7 Å². The number of hydrogen-bond donors (Lipinski definition) is 1. The van der Waals surface area contributed by atoms with Crippen LogP contribution in [-0.2, 0) is 11.3 Å². The second-order valence-corrected chi connectivity index (χ2v) is 3.07. The minimum Gasteiger partial charge on any atom is -0.323 e. The van der Waals surface area contributed by atoms with Gasteiger partial charge < -0.3 is 5.32 Å². The molecule has 1 aromatic rings. The van der Waals surface area contributed by atoms with E-state index in [0.29, 0.717) is 6.42 Å². The molecule has 4 heteroatoms. The Labute approximate surface area is 89.7 Å². The van der Waals surface area contributed by atoms with Crippen molar-refractivity contribution in [2.24, 2.45) is 0 Å². The molecular formula is C11H15N3O. The molecule has 0 aromatic carbocycles. The maximum Gasteiger partial charge on any atom is 0.224 e. The first-order valence-electron chi connectivity index (χ1n) is 4.98. The van der Waals surface area contributed by atoms with E-state index >= 15 is 0 Å². The fraction of sp³-hybridized carbons (Fsp3) is 0.455. The van der Waals surface area contributed by atoms with Gasteiger partial charge >= 0.3 is 0 Å². The van der Waals surface area contributed by atoms with E-state index in [9.17, 15) is 4.79 Å². The molecule has 1 rings (SSSR count). The number of rotatable bonds is 4. The summed E-state index contributed by atoms with van der Waals surface area (Å²) in [5.41, 5.74) is 0.742. The number of amides is 1. The molecular weight excluding hydrogens is 190 g/mol. The number of hydrogen-bond acceptors (Lipinski definition) is 2. The minimum absolute atomic E-state index is 0.00269. The number of carbonyl (C=O) groups is 1. The lowest BCUT2D eigenvalue weighted by atomic mass is 10.4. The predicted octanol–water partition coefficient (Wildman–Crippen LogP) is 1.65. The molecule has 0 saturated carbocycles. The molecule has 0 fully saturated rings. The summed E-state index contributed by atoms with van der Waals surface area (Å²) in [6, 6.07) is 0. The molecule has 1 N–H and O–H groups in total. The van der Waals surface area contributed by atoms with Crippen LogP contribution in [0.5, 0.6) is 0 Å². The molecule has 0 unspecified atom stereocenters. The summed E-state index contributed by atoms with van der Waals surface area (Å²) in [5.74, 6) is 5.79. The predicted molar refractivity (Wildman–Crippen MR) is 59.2 cm³/mol. The standard InChI is InChI=1S/C11H15N3O/c1-3-5-6-7-14-9-10(8-12-14)13-11(15)4-2/h8-9H,4,6-7H2,1-2H3,(H,13,15). The monoisotopic (exact) mass is 205 g/mol. The summed E-state index contributed by atoms with van der Waals surface area (Å²) in [7, 11) is 0. The number of aromatic nitrogens is 2. The van der Waals surface area contributed by atoms with Gasteiger partial charge in [-0.3, -0.25) is 9.48 Å². The number of nitrogens with zero attached hydrogens (tertiary/aromatic N) is 2. The maximum absolute atomic E-state index is 11.1. The molecule has 0 spiro atoms. The smallest absolute Gasteiger partial charge is 0.224 e. The summed E-state index contributed by atoms with van der Waals surface area (Å²) < 4.78 is 1.77. The highest BCUT2D eigenvalue weighted by Gasteiger charge is 2.01. The minimum atomic E-state index is 0.00269. The normalized spacial score (nSPS) is 9.20.